The molecule has 7 aromatic rings. The molecule has 2 aliphatic heterocycles. The number of hydrogen-bond donors (Lipinski definition) is 2. The quantitative estimate of drug-likeness (QED) is 0.146. The molecule has 1 amide bonds. The molecule has 5 aromatic carbocycles. The molecule has 4 heterocycles. The van der Waals surface area contributed by atoms with Gasteiger partial charge < -0.3 is 30.0 Å². The fourth-order valence-electron chi connectivity index (χ4n) is 8.63. The van der Waals surface area contributed by atoms with E-state index >= 15 is 0 Å². The topological polar surface area (TPSA) is 121 Å². The van der Waals surface area contributed by atoms with Crippen LogP contribution in [0.1, 0.15) is 72.3 Å². The van der Waals surface area contributed by atoms with Crippen molar-refractivity contribution < 1.29 is 19.5 Å². The third kappa shape index (κ3) is 12.5. The molecule has 18 heteroatoms. The average Bonchev–Trinajstić information content (AvgIpc) is 3.78. The summed E-state index contributed by atoms with van der Waals surface area (Å²) in [4.78, 5) is 37.6. The second-order valence-corrected chi connectivity index (χ2v) is 19.4. The number of aromatic nitrogens is 4. The van der Waals surface area contributed by atoms with Crippen LogP contribution >= 0.6 is 69.6 Å². The van der Waals surface area contributed by atoms with Gasteiger partial charge in [-0.2, -0.15) is 5.10 Å². The van der Waals surface area contributed by atoms with Crippen LogP contribution in [0.25, 0.3) is 0 Å². The Balaban J connectivity index is 0.000000162. The second-order valence-electron chi connectivity index (χ2n) is 16.8. The second kappa shape index (κ2) is 23.6. The molecular formula is C52H52Cl6N8O4. The van der Waals surface area contributed by atoms with Gasteiger partial charge in [0.15, 0.2) is 0 Å². The first-order chi connectivity index (χ1) is 33.5. The highest BCUT2D eigenvalue weighted by Crippen LogP contribution is 2.38. The molecule has 2 aromatic heterocycles. The highest BCUT2D eigenvalue weighted by atomic mass is 35.5. The number of piperazine rings is 2. The van der Waals surface area contributed by atoms with Gasteiger partial charge in [-0.15, -0.1) is 9.94 Å². The van der Waals surface area contributed by atoms with Crippen molar-refractivity contribution in [3.63, 3.8) is 0 Å². The third-order valence-electron chi connectivity index (χ3n) is 12.2. The van der Waals surface area contributed by atoms with Crippen LogP contribution < -0.4 is 20.0 Å². The van der Waals surface area contributed by atoms with Gasteiger partial charge in [0.1, 0.15) is 12.2 Å². The van der Waals surface area contributed by atoms with Gasteiger partial charge in [0, 0.05) is 72.1 Å². The molecule has 366 valence electrons. The average molecular weight is 1070 g/mol. The van der Waals surface area contributed by atoms with E-state index in [0.29, 0.717) is 68.3 Å². The molecule has 2 unspecified atom stereocenters. The van der Waals surface area contributed by atoms with E-state index in [1.807, 2.05) is 117 Å². The number of rotatable bonds is 9. The van der Waals surface area contributed by atoms with Crippen LogP contribution in [0.15, 0.2) is 115 Å². The molecule has 2 atom stereocenters. The summed E-state index contributed by atoms with van der Waals surface area (Å²) in [5, 5.41) is 24.9. The highest BCUT2D eigenvalue weighted by molar-refractivity contribution is 6.37. The van der Waals surface area contributed by atoms with Crippen LogP contribution in [0, 0.1) is 27.7 Å². The monoisotopic (exact) mass is 1060 g/mol. The summed E-state index contributed by atoms with van der Waals surface area (Å²) in [6.07, 6.45) is 0. The van der Waals surface area contributed by atoms with Crippen LogP contribution in [-0.4, -0.2) is 80.9 Å². The number of nitrogens with zero attached hydrogens (tertiary/aromatic N) is 7. The zero-order valence-electron chi connectivity index (χ0n) is 39.1. The molecule has 70 heavy (non-hydrogen) atoms. The van der Waals surface area contributed by atoms with Crippen molar-refractivity contribution in [1.29, 1.82) is 0 Å². The highest BCUT2D eigenvalue weighted by Gasteiger charge is 2.34. The fraction of sp³-hybridized carbons (Fsp3) is 0.269. The van der Waals surface area contributed by atoms with Crippen LogP contribution in [0.5, 0.6) is 0 Å². The molecule has 0 spiro atoms. The number of carboxylic acid groups (broad SMARTS) is 1. The van der Waals surface area contributed by atoms with Gasteiger partial charge in [-0.05, 0) is 105 Å². The fourth-order valence-corrected chi connectivity index (χ4v) is 9.92. The lowest BCUT2D eigenvalue weighted by Gasteiger charge is -2.43. The minimum absolute atomic E-state index is 0.00363. The van der Waals surface area contributed by atoms with Crippen LogP contribution in [0.3, 0.4) is 0 Å². The predicted molar refractivity (Wildman–Crippen MR) is 283 cm³/mol. The number of aromatic carboxylic acids is 1. The lowest BCUT2D eigenvalue weighted by Crippen LogP contribution is -2.51. The maximum Gasteiger partial charge on any atom is 0.339 e. The molecule has 12 nitrogen and oxygen atoms in total. The smallest absolute Gasteiger partial charge is 0.339 e. The summed E-state index contributed by atoms with van der Waals surface area (Å²) in [5.41, 5.74) is 8.63. The molecule has 0 saturated carbocycles. The van der Waals surface area contributed by atoms with Crippen molar-refractivity contribution in [2.75, 3.05) is 49.1 Å². The number of halogens is 6. The Hall–Kier alpha value is -5.44. The molecule has 0 radical (unpaired) electrons. The Morgan fingerprint density at radius 1 is 0.643 bits per heavy atom. The molecule has 0 aliphatic carbocycles. The first-order valence-electron chi connectivity index (χ1n) is 22.4. The predicted octanol–water partition coefficient (Wildman–Crippen LogP) is 12.3. The number of hydrogen-bond acceptors (Lipinski definition) is 8. The number of carboxylic acids is 1. The first-order valence-corrected chi connectivity index (χ1v) is 24.7. The maximum atomic E-state index is 13.4. The minimum atomic E-state index is -0.987. The van der Waals surface area contributed by atoms with Gasteiger partial charge in [-0.1, -0.05) is 124 Å². The van der Waals surface area contributed by atoms with Crippen LogP contribution in [0.2, 0.25) is 30.1 Å². The van der Waals surface area contributed by atoms with Gasteiger partial charge in [0.05, 0.1) is 56.1 Å². The molecule has 9 rings (SSSR count). The van der Waals surface area contributed by atoms with Gasteiger partial charge in [-0.25, -0.2) is 4.79 Å². The lowest BCUT2D eigenvalue weighted by molar-refractivity contribution is 0.0625. The molecule has 2 N–H and O–H groups in total. The van der Waals surface area contributed by atoms with E-state index in [-0.39, 0.29) is 23.6 Å². The number of carbonyl (C=O) groups excluding carboxylic acids is 1. The normalized spacial score (nSPS) is 15.7. The number of nitrogens with one attached hydrogen (secondary N) is 1. The minimum Gasteiger partial charge on any atom is -0.478 e. The zero-order valence-corrected chi connectivity index (χ0v) is 43.7. The Kier molecular flexibility index (Phi) is 17.7. The number of benzene rings is 5. The van der Waals surface area contributed by atoms with Crippen molar-refractivity contribution in [2.24, 2.45) is 7.05 Å². The summed E-state index contributed by atoms with van der Waals surface area (Å²) >= 11 is 37.1. The Bertz CT molecular complexity index is 2930. The van der Waals surface area contributed by atoms with Gasteiger partial charge >= 0.3 is 5.97 Å². The number of aryl methyl sites for hydroxylation is 3. The standard InChI is InChI=1S/C23H23Cl3N4O.C16H15Cl3N2.C13H14N2O3/c1-14-22(15(2)28(3)27-14)23(31)29-10-11-30(20-9-8-18(25)12-19(20)26)21(13-29)16-4-6-17(24)7-5-16;17-12-3-1-11(2-4-12)16-10-20-7-8-21(16)15-6-5-13(18)9-14(15)19;1-9-12(13(16)17)10(2)15(14-9)18-8-11-6-4-3-5-7-11/h4-9,12,21H,10-11,13H2,1-3H3;1-6,9,16,20H,7-8,10H2;3-7H,8H2,1-2H3,(H,16,17). The Morgan fingerprint density at radius 3 is 1.69 bits per heavy atom. The van der Waals surface area contributed by atoms with Crippen molar-refractivity contribution in [3.8, 4) is 0 Å². The van der Waals surface area contributed by atoms with E-state index in [2.05, 4.69) is 37.4 Å². The van der Waals surface area contributed by atoms with E-state index in [1.165, 1.54) is 10.4 Å². The molecule has 2 saturated heterocycles. The number of amides is 1. The lowest BCUT2D eigenvalue weighted by atomic mass is 10.00. The molecule has 0 bridgehead atoms. The van der Waals surface area contributed by atoms with Crippen LogP contribution in [-0.2, 0) is 13.7 Å². The van der Waals surface area contributed by atoms with Gasteiger partial charge in [0.2, 0.25) is 0 Å². The molecule has 2 aliphatic rings. The van der Waals surface area contributed by atoms with E-state index in [4.69, 9.17) is 79.5 Å². The summed E-state index contributed by atoms with van der Waals surface area (Å²) < 4.78 is 1.75. The third-order valence-corrected chi connectivity index (χ3v) is 13.8. The van der Waals surface area contributed by atoms with Gasteiger partial charge in [-0.3, -0.25) is 9.48 Å². The molecular weight excluding hydrogens is 1010 g/mol. The van der Waals surface area contributed by atoms with Crippen molar-refractivity contribution in [1.82, 2.24) is 29.9 Å². The van der Waals surface area contributed by atoms with Crippen molar-refractivity contribution in [3.05, 3.63) is 196 Å². The van der Waals surface area contributed by atoms with E-state index in [1.54, 1.807) is 30.7 Å². The van der Waals surface area contributed by atoms with Gasteiger partial charge in [0.25, 0.3) is 5.91 Å². The van der Waals surface area contributed by atoms with E-state index in [9.17, 15) is 9.59 Å². The molecule has 2 fully saturated rings. The Labute approximate surface area is 438 Å². The van der Waals surface area contributed by atoms with E-state index in [0.717, 1.165) is 58.5 Å². The SMILES string of the molecule is Cc1nn(C)c(C)c1C(=O)N1CCN(c2ccc(Cl)cc2Cl)C(c2ccc(Cl)cc2)C1.Cc1nn(OCc2ccccc2)c(C)c1C(=O)O.Clc1ccc(C2CNCCN2c2ccc(Cl)cc2Cl)cc1. The Morgan fingerprint density at radius 2 is 1.17 bits per heavy atom. The first kappa shape index (κ1) is 52.4. The van der Waals surface area contributed by atoms with Crippen LogP contribution in [0.4, 0.5) is 11.4 Å². The summed E-state index contributed by atoms with van der Waals surface area (Å²) in [6.45, 7) is 11.9. The summed E-state index contributed by atoms with van der Waals surface area (Å²) in [5.74, 6) is -0.983. The van der Waals surface area contributed by atoms with Crippen molar-refractivity contribution in [2.45, 2.75) is 46.4 Å². The maximum absolute atomic E-state index is 13.4. The summed E-state index contributed by atoms with van der Waals surface area (Å²) in [7, 11) is 1.86. The number of carbonyl (C=O) groups is 2. The van der Waals surface area contributed by atoms with E-state index < -0.39 is 5.97 Å². The largest absolute Gasteiger partial charge is 0.478 e. The zero-order chi connectivity index (χ0) is 50.2. The number of anilines is 2. The van der Waals surface area contributed by atoms with Crippen molar-refractivity contribution >= 4 is 92.9 Å². The summed E-state index contributed by atoms with van der Waals surface area (Å²) in [6, 6.07) is 36.7.